The summed E-state index contributed by atoms with van der Waals surface area (Å²) in [6, 6.07) is 13.6. The number of aliphatic hydroxyl groups excluding tert-OH is 1. The van der Waals surface area contributed by atoms with E-state index in [9.17, 15) is 4.79 Å². The van der Waals surface area contributed by atoms with Crippen molar-refractivity contribution in [2.24, 2.45) is 0 Å². The number of hydrogen-bond acceptors (Lipinski definition) is 3. The van der Waals surface area contributed by atoms with Crippen LogP contribution in [0.2, 0.25) is 0 Å². The zero-order valence-corrected chi connectivity index (χ0v) is 11.4. The van der Waals surface area contributed by atoms with E-state index in [1.165, 1.54) is 0 Å². The molecule has 0 spiro atoms. The van der Waals surface area contributed by atoms with Gasteiger partial charge in [-0.3, -0.25) is 4.79 Å². The van der Waals surface area contributed by atoms with Crippen molar-refractivity contribution in [1.82, 2.24) is 4.98 Å². The van der Waals surface area contributed by atoms with E-state index in [1.807, 2.05) is 42.5 Å². The smallest absolute Gasteiger partial charge is 0.152 e. The van der Waals surface area contributed by atoms with Crippen LogP contribution in [0.15, 0.2) is 48.7 Å². The number of carbonyl (C=O) groups excluding carboxylic acids is 1. The summed E-state index contributed by atoms with van der Waals surface area (Å²) >= 11 is 0. The molecule has 2 N–H and O–H groups in total. The molecule has 4 heteroatoms. The maximum Gasteiger partial charge on any atom is 0.152 e. The van der Waals surface area contributed by atoms with E-state index in [4.69, 9.17) is 9.84 Å². The molecule has 3 aromatic rings. The van der Waals surface area contributed by atoms with Crippen LogP contribution < -0.4 is 4.74 Å². The summed E-state index contributed by atoms with van der Waals surface area (Å²) in [5, 5.41) is 9.65. The summed E-state index contributed by atoms with van der Waals surface area (Å²) in [4.78, 5) is 14.1. The van der Waals surface area contributed by atoms with Crippen molar-refractivity contribution in [3.63, 3.8) is 0 Å². The molecular weight excluding hydrogens is 266 g/mol. The Bertz CT molecular complexity index is 759. The van der Waals surface area contributed by atoms with Gasteiger partial charge >= 0.3 is 0 Å². The van der Waals surface area contributed by atoms with Gasteiger partial charge in [0.1, 0.15) is 12.4 Å². The average Bonchev–Trinajstić information content (AvgIpc) is 2.95. The summed E-state index contributed by atoms with van der Waals surface area (Å²) in [6.07, 6.45) is 2.57. The summed E-state index contributed by atoms with van der Waals surface area (Å²) < 4.78 is 5.34. The van der Waals surface area contributed by atoms with Gasteiger partial charge in [0.25, 0.3) is 0 Å². The van der Waals surface area contributed by atoms with Crippen molar-refractivity contribution in [3.8, 4) is 16.9 Å². The molecule has 21 heavy (non-hydrogen) atoms. The normalized spacial score (nSPS) is 10.7. The molecule has 4 nitrogen and oxygen atoms in total. The molecule has 0 radical (unpaired) electrons. The molecule has 0 unspecified atom stereocenters. The SMILES string of the molecule is O=Cc1c[nH]c2ccc(-c3ccc(OCCO)cc3)cc12. The predicted octanol–water partition coefficient (Wildman–Crippen LogP) is 3.02. The van der Waals surface area contributed by atoms with Gasteiger partial charge in [0.05, 0.1) is 6.61 Å². The molecule has 2 aromatic carbocycles. The Morgan fingerprint density at radius 2 is 1.86 bits per heavy atom. The number of fused-ring (bicyclic) bond motifs is 1. The molecule has 0 fully saturated rings. The number of carbonyl (C=O) groups is 1. The molecule has 0 saturated carbocycles. The zero-order valence-electron chi connectivity index (χ0n) is 11.4. The second-order valence-corrected chi connectivity index (χ2v) is 4.72. The first kappa shape index (κ1) is 13.4. The first-order chi connectivity index (χ1) is 10.3. The maximum absolute atomic E-state index is 11.0. The fourth-order valence-electron chi connectivity index (χ4n) is 2.33. The van der Waals surface area contributed by atoms with Crippen molar-refractivity contribution in [2.75, 3.05) is 13.2 Å². The van der Waals surface area contributed by atoms with Crippen LogP contribution in [0, 0.1) is 0 Å². The lowest BCUT2D eigenvalue weighted by Gasteiger charge is -2.06. The van der Waals surface area contributed by atoms with Gasteiger partial charge in [-0.2, -0.15) is 0 Å². The van der Waals surface area contributed by atoms with E-state index in [0.717, 1.165) is 34.1 Å². The first-order valence-corrected chi connectivity index (χ1v) is 6.72. The molecule has 0 amide bonds. The Balaban J connectivity index is 1.94. The Morgan fingerprint density at radius 1 is 1.10 bits per heavy atom. The van der Waals surface area contributed by atoms with Crippen molar-refractivity contribution in [1.29, 1.82) is 0 Å². The van der Waals surface area contributed by atoms with Crippen LogP contribution in [0.25, 0.3) is 22.0 Å². The van der Waals surface area contributed by atoms with Gasteiger partial charge in [-0.25, -0.2) is 0 Å². The topological polar surface area (TPSA) is 62.3 Å². The average molecular weight is 281 g/mol. The number of rotatable bonds is 5. The number of H-pyrrole nitrogens is 1. The third kappa shape index (κ3) is 2.66. The Hall–Kier alpha value is -2.59. The number of aromatic amines is 1. The van der Waals surface area contributed by atoms with E-state index < -0.39 is 0 Å². The number of aldehydes is 1. The lowest BCUT2D eigenvalue weighted by atomic mass is 10.0. The predicted molar refractivity (Wildman–Crippen MR) is 81.7 cm³/mol. The van der Waals surface area contributed by atoms with Crippen LogP contribution in [0.1, 0.15) is 10.4 Å². The monoisotopic (exact) mass is 281 g/mol. The molecule has 0 atom stereocenters. The largest absolute Gasteiger partial charge is 0.491 e. The summed E-state index contributed by atoms with van der Waals surface area (Å²) in [5.41, 5.74) is 3.70. The van der Waals surface area contributed by atoms with Crippen molar-refractivity contribution in [2.45, 2.75) is 0 Å². The van der Waals surface area contributed by atoms with Crippen LogP contribution in [0.3, 0.4) is 0 Å². The number of hydrogen-bond donors (Lipinski definition) is 2. The van der Waals surface area contributed by atoms with Gasteiger partial charge in [-0.1, -0.05) is 18.2 Å². The van der Waals surface area contributed by atoms with Crippen LogP contribution in [0.5, 0.6) is 5.75 Å². The van der Waals surface area contributed by atoms with E-state index >= 15 is 0 Å². The first-order valence-electron chi connectivity index (χ1n) is 6.72. The number of nitrogens with one attached hydrogen (secondary N) is 1. The molecule has 1 heterocycles. The molecule has 0 saturated heterocycles. The molecule has 3 rings (SSSR count). The Morgan fingerprint density at radius 3 is 2.57 bits per heavy atom. The number of aliphatic hydroxyl groups is 1. The van der Waals surface area contributed by atoms with Gasteiger partial charge < -0.3 is 14.8 Å². The van der Waals surface area contributed by atoms with Gasteiger partial charge in [-0.05, 0) is 35.4 Å². The molecule has 0 aliphatic heterocycles. The fourth-order valence-corrected chi connectivity index (χ4v) is 2.33. The van der Waals surface area contributed by atoms with Crippen molar-refractivity contribution >= 4 is 17.2 Å². The van der Waals surface area contributed by atoms with Gasteiger partial charge in [0.15, 0.2) is 6.29 Å². The van der Waals surface area contributed by atoms with E-state index in [2.05, 4.69) is 4.98 Å². The lowest BCUT2D eigenvalue weighted by Crippen LogP contribution is -2.01. The summed E-state index contributed by atoms with van der Waals surface area (Å²) in [6.45, 7) is 0.289. The minimum absolute atomic E-state index is 0.000377. The second-order valence-electron chi connectivity index (χ2n) is 4.72. The van der Waals surface area contributed by atoms with Crippen molar-refractivity contribution in [3.05, 3.63) is 54.2 Å². The quantitative estimate of drug-likeness (QED) is 0.707. The molecule has 0 aliphatic carbocycles. The zero-order chi connectivity index (χ0) is 14.7. The van der Waals surface area contributed by atoms with Gasteiger partial charge in [0, 0.05) is 22.7 Å². The molecule has 1 aromatic heterocycles. The highest BCUT2D eigenvalue weighted by molar-refractivity contribution is 5.99. The lowest BCUT2D eigenvalue weighted by molar-refractivity contribution is 0.112. The molecule has 0 bridgehead atoms. The molecular formula is C17H15NO3. The van der Waals surface area contributed by atoms with Gasteiger partial charge in [-0.15, -0.1) is 0 Å². The molecule has 106 valence electrons. The van der Waals surface area contributed by atoms with E-state index in [1.54, 1.807) is 6.20 Å². The second kappa shape index (κ2) is 5.81. The minimum Gasteiger partial charge on any atom is -0.491 e. The fraction of sp³-hybridized carbons (Fsp3) is 0.118. The van der Waals surface area contributed by atoms with Crippen LogP contribution >= 0.6 is 0 Å². The van der Waals surface area contributed by atoms with E-state index in [-0.39, 0.29) is 13.2 Å². The third-order valence-electron chi connectivity index (χ3n) is 3.39. The Labute approximate surface area is 122 Å². The number of aromatic nitrogens is 1. The standard InChI is InChI=1S/C17H15NO3/c19-7-8-21-15-4-1-12(2-5-15)13-3-6-17-16(9-13)14(11-20)10-18-17/h1-6,9-11,18-19H,7-8H2. The Kier molecular flexibility index (Phi) is 3.71. The van der Waals surface area contributed by atoms with E-state index in [0.29, 0.717) is 5.56 Å². The third-order valence-corrected chi connectivity index (χ3v) is 3.39. The maximum atomic E-state index is 11.0. The van der Waals surface area contributed by atoms with Crippen LogP contribution in [-0.2, 0) is 0 Å². The highest BCUT2D eigenvalue weighted by atomic mass is 16.5. The highest BCUT2D eigenvalue weighted by Crippen LogP contribution is 2.27. The number of ether oxygens (including phenoxy) is 1. The summed E-state index contributed by atoms with van der Waals surface area (Å²) in [5.74, 6) is 0.726. The minimum atomic E-state index is 0.000377. The van der Waals surface area contributed by atoms with Crippen LogP contribution in [-0.4, -0.2) is 29.6 Å². The highest BCUT2D eigenvalue weighted by Gasteiger charge is 2.05. The molecule has 0 aliphatic rings. The van der Waals surface area contributed by atoms with Crippen LogP contribution in [0.4, 0.5) is 0 Å². The van der Waals surface area contributed by atoms with Gasteiger partial charge in [0.2, 0.25) is 0 Å². The summed E-state index contributed by atoms with van der Waals surface area (Å²) in [7, 11) is 0. The van der Waals surface area contributed by atoms with Crippen molar-refractivity contribution < 1.29 is 14.6 Å². The number of benzene rings is 2.